The van der Waals surface area contributed by atoms with Crippen LogP contribution in [0.3, 0.4) is 0 Å². The summed E-state index contributed by atoms with van der Waals surface area (Å²) in [5.74, 6) is 0.0612. The van der Waals surface area contributed by atoms with E-state index in [1.165, 1.54) is 12.1 Å². The molecule has 2 aromatic rings. The molecule has 0 spiro atoms. The first-order valence-electron chi connectivity index (χ1n) is 8.32. The number of carbonyl (C=O) groups excluding carboxylic acids is 1. The third-order valence-electron chi connectivity index (χ3n) is 4.04. The molecular formula is C20H26FN2O+. The minimum Gasteiger partial charge on any atom is -0.332 e. The number of nitrogens with two attached hydrogens (primary N) is 1. The Hall–Kier alpha value is -2.20. The molecule has 0 radical (unpaired) electrons. The highest BCUT2D eigenvalue weighted by molar-refractivity contribution is 5.91. The maximum Gasteiger partial charge on any atom is 0.279 e. The molecule has 2 aromatic carbocycles. The fraction of sp³-hybridized carbons (Fsp3) is 0.350. The van der Waals surface area contributed by atoms with Gasteiger partial charge in [-0.1, -0.05) is 32.0 Å². The van der Waals surface area contributed by atoms with Crippen LogP contribution in [0.4, 0.5) is 10.1 Å². The molecule has 3 nitrogen and oxygen atoms in total. The number of nitrogens with one attached hydrogen (secondary N) is 1. The number of amides is 1. The average molecular weight is 329 g/mol. The summed E-state index contributed by atoms with van der Waals surface area (Å²) in [4.78, 5) is 12.2. The first-order valence-corrected chi connectivity index (χ1v) is 8.32. The molecule has 4 heteroatoms. The predicted octanol–water partition coefficient (Wildman–Crippen LogP) is 3.34. The van der Waals surface area contributed by atoms with Crippen LogP contribution in [0, 0.1) is 25.6 Å². The van der Waals surface area contributed by atoms with Crippen molar-refractivity contribution in [2.75, 3.05) is 11.9 Å². The summed E-state index contributed by atoms with van der Waals surface area (Å²) in [6.07, 6.45) is 0. The van der Waals surface area contributed by atoms with Crippen molar-refractivity contribution in [2.24, 2.45) is 5.92 Å². The molecule has 1 amide bonds. The van der Waals surface area contributed by atoms with Crippen LogP contribution in [0.15, 0.2) is 42.5 Å². The van der Waals surface area contributed by atoms with E-state index in [9.17, 15) is 9.18 Å². The number of aryl methyl sites for hydroxylation is 2. The first kappa shape index (κ1) is 18.1. The topological polar surface area (TPSA) is 45.7 Å². The Morgan fingerprint density at radius 1 is 1.08 bits per heavy atom. The lowest BCUT2D eigenvalue weighted by Gasteiger charge is -2.19. The molecule has 0 unspecified atom stereocenters. The highest BCUT2D eigenvalue weighted by Gasteiger charge is 2.20. The van der Waals surface area contributed by atoms with E-state index < -0.39 is 0 Å². The maximum absolute atomic E-state index is 13.1. The molecule has 0 aliphatic carbocycles. The molecule has 0 saturated carbocycles. The van der Waals surface area contributed by atoms with Gasteiger partial charge in [0.2, 0.25) is 0 Å². The second-order valence-corrected chi connectivity index (χ2v) is 6.69. The van der Waals surface area contributed by atoms with Crippen molar-refractivity contribution in [3.05, 3.63) is 65.0 Å². The fourth-order valence-electron chi connectivity index (χ4n) is 2.97. The molecule has 1 atom stereocenters. The third kappa shape index (κ3) is 5.17. The summed E-state index contributed by atoms with van der Waals surface area (Å²) in [5, 5.41) is 4.96. The molecular weight excluding hydrogens is 303 g/mol. The van der Waals surface area contributed by atoms with Gasteiger partial charge in [0.15, 0.2) is 6.54 Å². The smallest absolute Gasteiger partial charge is 0.279 e. The highest BCUT2D eigenvalue weighted by Crippen LogP contribution is 2.18. The number of hydrogen-bond acceptors (Lipinski definition) is 1. The van der Waals surface area contributed by atoms with E-state index in [0.29, 0.717) is 12.5 Å². The van der Waals surface area contributed by atoms with Crippen LogP contribution in [0.5, 0.6) is 0 Å². The van der Waals surface area contributed by atoms with Crippen molar-refractivity contribution in [1.29, 1.82) is 0 Å². The molecule has 0 bridgehead atoms. The van der Waals surface area contributed by atoms with Crippen molar-refractivity contribution in [1.82, 2.24) is 0 Å². The van der Waals surface area contributed by atoms with Gasteiger partial charge < -0.3 is 10.6 Å². The van der Waals surface area contributed by atoms with Gasteiger partial charge in [-0.3, -0.25) is 4.79 Å². The molecule has 3 N–H and O–H groups in total. The zero-order valence-corrected chi connectivity index (χ0v) is 14.8. The predicted molar refractivity (Wildman–Crippen MR) is 95.3 cm³/mol. The molecule has 0 aliphatic rings. The number of carbonyl (C=O) groups is 1. The molecule has 0 heterocycles. The molecule has 0 saturated heterocycles. The van der Waals surface area contributed by atoms with Crippen molar-refractivity contribution in [2.45, 2.75) is 33.7 Å². The Kier molecular flexibility index (Phi) is 6.10. The van der Waals surface area contributed by atoms with E-state index in [2.05, 4.69) is 25.2 Å². The van der Waals surface area contributed by atoms with Crippen molar-refractivity contribution in [3.63, 3.8) is 0 Å². The molecule has 0 aliphatic heterocycles. The van der Waals surface area contributed by atoms with Gasteiger partial charge in [-0.15, -0.1) is 0 Å². The van der Waals surface area contributed by atoms with E-state index in [-0.39, 0.29) is 17.8 Å². The zero-order chi connectivity index (χ0) is 17.7. The summed E-state index contributed by atoms with van der Waals surface area (Å²) < 4.78 is 13.1. The Morgan fingerprint density at radius 2 is 1.67 bits per heavy atom. The molecule has 2 rings (SSSR count). The number of hydrogen-bond donors (Lipinski definition) is 2. The van der Waals surface area contributed by atoms with Crippen LogP contribution in [0.1, 0.15) is 36.6 Å². The van der Waals surface area contributed by atoms with Gasteiger partial charge in [0.05, 0.1) is 0 Å². The van der Waals surface area contributed by atoms with Gasteiger partial charge in [0.1, 0.15) is 11.9 Å². The highest BCUT2D eigenvalue weighted by atomic mass is 19.1. The average Bonchev–Trinajstić information content (AvgIpc) is 2.47. The Bertz CT molecular complexity index is 675. The molecule has 0 fully saturated rings. The largest absolute Gasteiger partial charge is 0.332 e. The van der Waals surface area contributed by atoms with E-state index in [1.807, 2.05) is 31.3 Å². The number of benzene rings is 2. The summed E-state index contributed by atoms with van der Waals surface area (Å²) in [5.41, 5.74) is 4.11. The number of halogens is 1. The molecule has 24 heavy (non-hydrogen) atoms. The summed E-state index contributed by atoms with van der Waals surface area (Å²) in [6.45, 7) is 8.56. The van der Waals surface area contributed by atoms with Gasteiger partial charge in [-0.2, -0.15) is 0 Å². The lowest BCUT2D eigenvalue weighted by atomic mass is 9.96. The van der Waals surface area contributed by atoms with E-state index >= 15 is 0 Å². The minimum atomic E-state index is -0.242. The summed E-state index contributed by atoms with van der Waals surface area (Å²) in [6, 6.07) is 12.6. The second kappa shape index (κ2) is 8.06. The Morgan fingerprint density at radius 3 is 2.21 bits per heavy atom. The summed E-state index contributed by atoms with van der Waals surface area (Å²) >= 11 is 0. The van der Waals surface area contributed by atoms with Crippen LogP contribution in [-0.2, 0) is 4.79 Å². The van der Waals surface area contributed by atoms with Crippen LogP contribution in [0.25, 0.3) is 0 Å². The van der Waals surface area contributed by atoms with Crippen LogP contribution in [0.2, 0.25) is 0 Å². The van der Waals surface area contributed by atoms with Gasteiger partial charge in [0.25, 0.3) is 5.91 Å². The van der Waals surface area contributed by atoms with Gasteiger partial charge in [0, 0.05) is 17.2 Å². The lowest BCUT2D eigenvalue weighted by molar-refractivity contribution is -0.692. The van der Waals surface area contributed by atoms with E-state index in [1.54, 1.807) is 12.1 Å². The standard InChI is InChI=1S/C20H25FN2O/c1-13(2)20(16-5-7-17(21)8-6-16)22-12-19(24)23-18-10-14(3)9-15(4)11-18/h5-11,13,20,22H,12H2,1-4H3,(H,23,24)/p+1/t20-/m1/s1. The molecule has 0 aromatic heterocycles. The lowest BCUT2D eigenvalue weighted by Crippen LogP contribution is -2.88. The summed E-state index contributed by atoms with van der Waals surface area (Å²) in [7, 11) is 0. The SMILES string of the molecule is Cc1cc(C)cc(NC(=O)C[NH2+][C@@H](c2ccc(F)cc2)C(C)C)c1. The fourth-order valence-corrected chi connectivity index (χ4v) is 2.97. The number of rotatable bonds is 6. The van der Waals surface area contributed by atoms with Gasteiger partial charge >= 0.3 is 0 Å². The normalized spacial score (nSPS) is 12.2. The minimum absolute atomic E-state index is 0.0345. The first-order chi connectivity index (χ1) is 11.3. The van der Waals surface area contributed by atoms with Gasteiger partial charge in [-0.25, -0.2) is 4.39 Å². The zero-order valence-electron chi connectivity index (χ0n) is 14.8. The molecule has 128 valence electrons. The quantitative estimate of drug-likeness (QED) is 0.839. The van der Waals surface area contributed by atoms with Crippen LogP contribution < -0.4 is 10.6 Å². The second-order valence-electron chi connectivity index (χ2n) is 6.69. The third-order valence-corrected chi connectivity index (χ3v) is 4.04. The van der Waals surface area contributed by atoms with Crippen LogP contribution >= 0.6 is 0 Å². The van der Waals surface area contributed by atoms with E-state index in [0.717, 1.165) is 22.4 Å². The maximum atomic E-state index is 13.1. The monoisotopic (exact) mass is 329 g/mol. The Balaban J connectivity index is 1.98. The van der Waals surface area contributed by atoms with E-state index in [4.69, 9.17) is 0 Å². The number of quaternary nitrogens is 1. The van der Waals surface area contributed by atoms with Gasteiger partial charge in [-0.05, 0) is 49.2 Å². The van der Waals surface area contributed by atoms with Crippen molar-refractivity contribution >= 4 is 11.6 Å². The van der Waals surface area contributed by atoms with Crippen molar-refractivity contribution in [3.8, 4) is 0 Å². The number of anilines is 1. The van der Waals surface area contributed by atoms with Crippen molar-refractivity contribution < 1.29 is 14.5 Å². The van der Waals surface area contributed by atoms with Crippen LogP contribution in [-0.4, -0.2) is 12.5 Å². The Labute approximate surface area is 143 Å².